The van der Waals surface area contributed by atoms with Crippen molar-refractivity contribution in [2.75, 3.05) is 19.7 Å². The highest BCUT2D eigenvalue weighted by Crippen LogP contribution is 2.34. The fraction of sp³-hybridized carbons (Fsp3) is 0.312. The summed E-state index contributed by atoms with van der Waals surface area (Å²) in [4.78, 5) is 31.4. The molecule has 0 spiro atoms. The number of aromatic nitrogens is 1. The topological polar surface area (TPSA) is 83.7 Å². The molecule has 2 aliphatic rings. The van der Waals surface area contributed by atoms with Crippen LogP contribution >= 0.6 is 0 Å². The maximum Gasteiger partial charge on any atom is 0.227 e. The predicted octanol–water partition coefficient (Wildman–Crippen LogP) is 4.39. The summed E-state index contributed by atoms with van der Waals surface area (Å²) in [5, 5.41) is 4.17. The Morgan fingerprint density at radius 2 is 1.87 bits per heavy atom. The van der Waals surface area contributed by atoms with E-state index in [1.165, 1.54) is 5.56 Å². The normalized spacial score (nSPS) is 20.2. The highest BCUT2D eigenvalue weighted by Gasteiger charge is 2.47. The number of benzene rings is 3. The number of fused-ring (bicyclic) bond motifs is 2. The minimum atomic E-state index is -0.263. The molecule has 3 atom stereocenters. The fourth-order valence-electron chi connectivity index (χ4n) is 5.71. The lowest BCUT2D eigenvalue weighted by Gasteiger charge is -2.20. The predicted molar refractivity (Wildman–Crippen MR) is 149 cm³/mol. The zero-order valence-electron chi connectivity index (χ0n) is 22.1. The molecule has 0 saturated carbocycles. The summed E-state index contributed by atoms with van der Waals surface area (Å²) in [6.45, 7) is 4.44. The lowest BCUT2D eigenvalue weighted by molar-refractivity contribution is -0.131. The van der Waals surface area contributed by atoms with Gasteiger partial charge in [0.25, 0.3) is 0 Å². The van der Waals surface area contributed by atoms with E-state index in [4.69, 9.17) is 9.47 Å². The molecule has 7 heteroatoms. The van der Waals surface area contributed by atoms with Crippen LogP contribution in [-0.2, 0) is 33.9 Å². The molecule has 0 aliphatic carbocycles. The molecule has 2 N–H and O–H groups in total. The number of carbonyl (C=O) groups excluding carboxylic acids is 2. The third-order valence-corrected chi connectivity index (χ3v) is 7.88. The first-order valence-electron chi connectivity index (χ1n) is 13.5. The van der Waals surface area contributed by atoms with Gasteiger partial charge in [0, 0.05) is 42.7 Å². The Morgan fingerprint density at radius 3 is 2.74 bits per heavy atom. The van der Waals surface area contributed by atoms with Crippen molar-refractivity contribution in [2.24, 2.45) is 11.8 Å². The number of hydrogen-bond acceptors (Lipinski definition) is 4. The molecule has 3 heterocycles. The second kappa shape index (κ2) is 10.9. The molecule has 4 aromatic rings. The minimum absolute atomic E-state index is 0.0136. The molecule has 6 rings (SSSR count). The third kappa shape index (κ3) is 5.54. The molecule has 0 unspecified atom stereocenters. The first-order valence-corrected chi connectivity index (χ1v) is 13.5. The lowest BCUT2D eigenvalue weighted by atomic mass is 9.92. The Balaban J connectivity index is 1.02. The number of likely N-dealkylation sites (tertiary alicyclic amines) is 1. The molecule has 2 saturated heterocycles. The number of ether oxygens (including phenoxy) is 2. The van der Waals surface area contributed by atoms with E-state index in [0.29, 0.717) is 39.3 Å². The van der Waals surface area contributed by atoms with Gasteiger partial charge in [-0.2, -0.15) is 0 Å². The smallest absolute Gasteiger partial charge is 0.227 e. The molecule has 7 nitrogen and oxygen atoms in total. The first kappa shape index (κ1) is 25.2. The van der Waals surface area contributed by atoms with Crippen molar-refractivity contribution in [3.8, 4) is 5.75 Å². The van der Waals surface area contributed by atoms with Crippen molar-refractivity contribution in [2.45, 2.75) is 32.6 Å². The average Bonchev–Trinajstić information content (AvgIpc) is 3.66. The summed E-state index contributed by atoms with van der Waals surface area (Å²) >= 11 is 0. The van der Waals surface area contributed by atoms with Crippen LogP contribution in [0.4, 0.5) is 0 Å². The highest BCUT2D eigenvalue weighted by molar-refractivity contribution is 5.89. The van der Waals surface area contributed by atoms with Gasteiger partial charge in [-0.3, -0.25) is 9.59 Å². The van der Waals surface area contributed by atoms with E-state index in [2.05, 4.69) is 29.4 Å². The van der Waals surface area contributed by atoms with Gasteiger partial charge in [-0.15, -0.1) is 0 Å². The van der Waals surface area contributed by atoms with Crippen LogP contribution in [0.2, 0.25) is 0 Å². The van der Waals surface area contributed by atoms with Gasteiger partial charge in [0.15, 0.2) is 0 Å². The number of carbonyl (C=O) groups is 2. The third-order valence-electron chi connectivity index (χ3n) is 7.88. The Bertz CT molecular complexity index is 1480. The van der Waals surface area contributed by atoms with Crippen LogP contribution in [0.1, 0.15) is 22.3 Å². The quantitative estimate of drug-likeness (QED) is 0.359. The number of hydrogen-bond donors (Lipinski definition) is 2. The number of rotatable bonds is 8. The van der Waals surface area contributed by atoms with Crippen molar-refractivity contribution in [3.05, 3.63) is 101 Å². The fourth-order valence-corrected chi connectivity index (χ4v) is 5.71. The lowest BCUT2D eigenvalue weighted by Crippen LogP contribution is -2.37. The van der Waals surface area contributed by atoms with E-state index in [1.807, 2.05) is 71.8 Å². The summed E-state index contributed by atoms with van der Waals surface area (Å²) in [5.41, 5.74) is 5.28. The van der Waals surface area contributed by atoms with E-state index in [0.717, 1.165) is 33.3 Å². The van der Waals surface area contributed by atoms with Crippen LogP contribution < -0.4 is 10.1 Å². The van der Waals surface area contributed by atoms with E-state index in [-0.39, 0.29) is 29.8 Å². The number of nitrogens with one attached hydrogen (secondary N) is 2. The molecule has 2 amide bonds. The van der Waals surface area contributed by atoms with Crippen molar-refractivity contribution >= 4 is 22.7 Å². The van der Waals surface area contributed by atoms with Crippen LogP contribution in [0, 0.1) is 18.8 Å². The maximum atomic E-state index is 13.2. The summed E-state index contributed by atoms with van der Waals surface area (Å²) < 4.78 is 11.9. The Labute approximate surface area is 228 Å². The van der Waals surface area contributed by atoms with Gasteiger partial charge < -0.3 is 24.7 Å². The summed E-state index contributed by atoms with van der Waals surface area (Å²) in [7, 11) is 0. The zero-order chi connectivity index (χ0) is 26.8. The number of aryl methyl sites for hydroxylation is 1. The second-order valence-electron chi connectivity index (χ2n) is 10.6. The monoisotopic (exact) mass is 523 g/mol. The highest BCUT2D eigenvalue weighted by atomic mass is 16.5. The van der Waals surface area contributed by atoms with Gasteiger partial charge in [0.2, 0.25) is 11.8 Å². The molecule has 0 radical (unpaired) electrons. The summed E-state index contributed by atoms with van der Waals surface area (Å²) in [6.07, 6.45) is 2.17. The first-order chi connectivity index (χ1) is 19.0. The van der Waals surface area contributed by atoms with Crippen LogP contribution in [0.15, 0.2) is 79.0 Å². The summed E-state index contributed by atoms with van der Waals surface area (Å²) in [5.74, 6) is 0.562. The molecule has 0 bridgehead atoms. The Morgan fingerprint density at radius 1 is 1.03 bits per heavy atom. The molecular formula is C32H33N3O4. The van der Waals surface area contributed by atoms with Gasteiger partial charge >= 0.3 is 0 Å². The van der Waals surface area contributed by atoms with Crippen LogP contribution in [0.3, 0.4) is 0 Å². The van der Waals surface area contributed by atoms with Gasteiger partial charge in [0.05, 0.1) is 25.0 Å². The second-order valence-corrected chi connectivity index (χ2v) is 10.6. The molecular weight excluding hydrogens is 490 g/mol. The molecule has 2 aliphatic heterocycles. The number of aromatic amines is 1. The number of H-pyrrole nitrogens is 1. The van der Waals surface area contributed by atoms with E-state index in [9.17, 15) is 9.59 Å². The molecule has 2 fully saturated rings. The molecule has 1 aromatic heterocycles. The van der Waals surface area contributed by atoms with Gasteiger partial charge in [-0.25, -0.2) is 0 Å². The number of amides is 2. The SMILES string of the molecule is Cc1ccc2[nH]cc(CC(=O)N3C[C@H]4[C@H](C3)OC[C@@H]4C(=O)NCc3cccc(OCc4ccccc4)c3)c2c1. The molecule has 3 aromatic carbocycles. The van der Waals surface area contributed by atoms with Gasteiger partial charge in [-0.1, -0.05) is 54.1 Å². The van der Waals surface area contributed by atoms with Crippen molar-refractivity contribution in [3.63, 3.8) is 0 Å². The minimum Gasteiger partial charge on any atom is -0.489 e. The van der Waals surface area contributed by atoms with Gasteiger partial charge in [-0.05, 0) is 47.9 Å². The summed E-state index contributed by atoms with van der Waals surface area (Å²) in [6, 6.07) is 24.0. The average molecular weight is 524 g/mol. The van der Waals surface area contributed by atoms with Crippen molar-refractivity contribution < 1.29 is 19.1 Å². The maximum absolute atomic E-state index is 13.2. The zero-order valence-corrected chi connectivity index (χ0v) is 22.1. The van der Waals surface area contributed by atoms with Gasteiger partial charge in [0.1, 0.15) is 12.4 Å². The van der Waals surface area contributed by atoms with E-state index < -0.39 is 0 Å². The number of nitrogens with zero attached hydrogens (tertiary/aromatic N) is 1. The van der Waals surface area contributed by atoms with Crippen molar-refractivity contribution in [1.29, 1.82) is 0 Å². The van der Waals surface area contributed by atoms with E-state index in [1.54, 1.807) is 0 Å². The standard InChI is InChI=1S/C32H33N3O4/c1-21-10-11-29-26(12-21)24(16-33-29)14-31(36)35-17-27-28(20-39-30(27)18-35)32(37)34-15-23-8-5-9-25(13-23)38-19-22-6-3-2-4-7-22/h2-13,16,27-28,30,33H,14-15,17-20H2,1H3,(H,34,37)/t27-,28+,30+/m1/s1. The molecule has 200 valence electrons. The Hall–Kier alpha value is -4.10. The van der Waals surface area contributed by atoms with E-state index >= 15 is 0 Å². The van der Waals surface area contributed by atoms with Crippen LogP contribution in [-0.4, -0.2) is 47.5 Å². The Kier molecular flexibility index (Phi) is 7.07. The molecule has 39 heavy (non-hydrogen) atoms. The van der Waals surface area contributed by atoms with Crippen molar-refractivity contribution in [1.82, 2.24) is 15.2 Å². The largest absolute Gasteiger partial charge is 0.489 e. The van der Waals surface area contributed by atoms with Crippen LogP contribution in [0.25, 0.3) is 10.9 Å². The van der Waals surface area contributed by atoms with Crippen LogP contribution in [0.5, 0.6) is 5.75 Å².